The Labute approximate surface area is 123 Å². The number of rotatable bonds is 4. The molecule has 7 nitrogen and oxygen atoms in total. The first kappa shape index (κ1) is 13.8. The van der Waals surface area contributed by atoms with Crippen LogP contribution in [0.3, 0.4) is 0 Å². The van der Waals surface area contributed by atoms with E-state index in [4.69, 9.17) is 5.73 Å². The summed E-state index contributed by atoms with van der Waals surface area (Å²) in [6.45, 7) is 3.81. The lowest BCUT2D eigenvalue weighted by molar-refractivity contribution is -0.118. The molecule has 1 aliphatic rings. The van der Waals surface area contributed by atoms with Crippen LogP contribution in [0.25, 0.3) is 5.65 Å². The van der Waals surface area contributed by atoms with Gasteiger partial charge in [0.05, 0.1) is 0 Å². The van der Waals surface area contributed by atoms with Gasteiger partial charge in [-0.15, -0.1) is 15.3 Å². The van der Waals surface area contributed by atoms with E-state index in [1.165, 1.54) is 0 Å². The maximum atomic E-state index is 10.9. The molecule has 1 fully saturated rings. The zero-order valence-electron chi connectivity index (χ0n) is 12.2. The molecule has 3 rings (SSSR count). The standard InChI is InChI=1S/C14H20N6O/c1-10-16-17-13-6-7-14(18-20(10)13)19-8-2-3-11(9-19)4-5-12(15)21/h6-7,11H,2-5,8-9H2,1H3,(H2,15,21). The van der Waals surface area contributed by atoms with E-state index < -0.39 is 0 Å². The minimum absolute atomic E-state index is 0.216. The summed E-state index contributed by atoms with van der Waals surface area (Å²) in [4.78, 5) is 13.2. The predicted molar refractivity (Wildman–Crippen MR) is 78.9 cm³/mol. The molecule has 21 heavy (non-hydrogen) atoms. The number of fused-ring (bicyclic) bond motifs is 1. The summed E-state index contributed by atoms with van der Waals surface area (Å²) in [5.74, 6) is 2.01. The van der Waals surface area contributed by atoms with Crippen molar-refractivity contribution in [3.8, 4) is 0 Å². The molecule has 1 aliphatic heterocycles. The lowest BCUT2D eigenvalue weighted by Crippen LogP contribution is -2.36. The van der Waals surface area contributed by atoms with E-state index in [0.29, 0.717) is 12.3 Å². The highest BCUT2D eigenvalue weighted by molar-refractivity contribution is 5.73. The first-order chi connectivity index (χ1) is 10.1. The van der Waals surface area contributed by atoms with Crippen molar-refractivity contribution in [2.24, 2.45) is 11.7 Å². The Morgan fingerprint density at radius 3 is 3.10 bits per heavy atom. The average Bonchev–Trinajstić information content (AvgIpc) is 2.86. The third-order valence-electron chi connectivity index (χ3n) is 4.05. The third-order valence-corrected chi connectivity index (χ3v) is 4.05. The van der Waals surface area contributed by atoms with Gasteiger partial charge in [0.15, 0.2) is 11.5 Å². The molecule has 1 saturated heterocycles. The number of hydrogen-bond acceptors (Lipinski definition) is 5. The zero-order chi connectivity index (χ0) is 14.8. The van der Waals surface area contributed by atoms with Crippen LogP contribution >= 0.6 is 0 Å². The molecule has 2 aromatic rings. The number of aromatic nitrogens is 4. The van der Waals surface area contributed by atoms with Crippen molar-refractivity contribution in [2.75, 3.05) is 18.0 Å². The fraction of sp³-hybridized carbons (Fsp3) is 0.571. The molecule has 1 unspecified atom stereocenters. The molecular weight excluding hydrogens is 268 g/mol. The summed E-state index contributed by atoms with van der Waals surface area (Å²) < 4.78 is 1.77. The number of nitrogens with two attached hydrogens (primary N) is 1. The van der Waals surface area contributed by atoms with Gasteiger partial charge in [0.1, 0.15) is 5.82 Å². The van der Waals surface area contributed by atoms with Gasteiger partial charge < -0.3 is 10.6 Å². The van der Waals surface area contributed by atoms with E-state index in [-0.39, 0.29) is 5.91 Å². The van der Waals surface area contributed by atoms with Gasteiger partial charge in [-0.3, -0.25) is 4.79 Å². The molecule has 2 aromatic heterocycles. The Bertz CT molecular complexity index is 652. The monoisotopic (exact) mass is 288 g/mol. The number of anilines is 1. The van der Waals surface area contributed by atoms with Crippen LogP contribution < -0.4 is 10.6 Å². The zero-order valence-corrected chi connectivity index (χ0v) is 12.2. The van der Waals surface area contributed by atoms with Gasteiger partial charge >= 0.3 is 0 Å². The van der Waals surface area contributed by atoms with Gasteiger partial charge in [-0.2, -0.15) is 4.52 Å². The minimum atomic E-state index is -0.216. The molecule has 0 saturated carbocycles. The van der Waals surface area contributed by atoms with Gasteiger partial charge in [-0.1, -0.05) is 0 Å². The van der Waals surface area contributed by atoms with E-state index in [9.17, 15) is 4.79 Å². The lowest BCUT2D eigenvalue weighted by atomic mass is 9.93. The number of carbonyl (C=O) groups excluding carboxylic acids is 1. The van der Waals surface area contributed by atoms with Crippen LogP contribution in [0.2, 0.25) is 0 Å². The highest BCUT2D eigenvalue weighted by Crippen LogP contribution is 2.24. The van der Waals surface area contributed by atoms with Gasteiger partial charge in [0.2, 0.25) is 5.91 Å². The van der Waals surface area contributed by atoms with Crippen LogP contribution in [-0.2, 0) is 4.79 Å². The maximum Gasteiger partial charge on any atom is 0.217 e. The summed E-state index contributed by atoms with van der Waals surface area (Å²) in [6, 6.07) is 3.93. The molecule has 3 heterocycles. The van der Waals surface area contributed by atoms with Crippen molar-refractivity contribution >= 4 is 17.4 Å². The smallest absolute Gasteiger partial charge is 0.217 e. The Morgan fingerprint density at radius 2 is 2.29 bits per heavy atom. The van der Waals surface area contributed by atoms with E-state index in [0.717, 1.165) is 49.6 Å². The number of primary amides is 1. The lowest BCUT2D eigenvalue weighted by Gasteiger charge is -2.33. The Kier molecular flexibility index (Phi) is 3.72. The predicted octanol–water partition coefficient (Wildman–Crippen LogP) is 0.915. The number of piperidine rings is 1. The molecule has 0 aliphatic carbocycles. The topological polar surface area (TPSA) is 89.4 Å². The number of hydrogen-bond donors (Lipinski definition) is 1. The van der Waals surface area contributed by atoms with Gasteiger partial charge in [-0.25, -0.2) is 0 Å². The van der Waals surface area contributed by atoms with E-state index in [2.05, 4.69) is 20.2 Å². The minimum Gasteiger partial charge on any atom is -0.370 e. The van der Waals surface area contributed by atoms with Crippen LogP contribution in [0.5, 0.6) is 0 Å². The quantitative estimate of drug-likeness (QED) is 0.903. The number of aryl methyl sites for hydroxylation is 1. The van der Waals surface area contributed by atoms with Gasteiger partial charge in [-0.05, 0) is 44.2 Å². The second kappa shape index (κ2) is 5.67. The van der Waals surface area contributed by atoms with Crippen molar-refractivity contribution in [1.82, 2.24) is 19.8 Å². The van der Waals surface area contributed by atoms with Crippen LogP contribution in [0.1, 0.15) is 31.5 Å². The van der Waals surface area contributed by atoms with Crippen molar-refractivity contribution in [2.45, 2.75) is 32.6 Å². The fourth-order valence-electron chi connectivity index (χ4n) is 2.91. The number of nitrogens with zero attached hydrogens (tertiary/aromatic N) is 5. The van der Waals surface area contributed by atoms with Gasteiger partial charge in [0.25, 0.3) is 0 Å². The largest absolute Gasteiger partial charge is 0.370 e. The maximum absolute atomic E-state index is 10.9. The Balaban J connectivity index is 1.74. The highest BCUT2D eigenvalue weighted by atomic mass is 16.1. The fourth-order valence-corrected chi connectivity index (χ4v) is 2.91. The first-order valence-electron chi connectivity index (χ1n) is 7.36. The van der Waals surface area contributed by atoms with Crippen molar-refractivity contribution < 1.29 is 4.79 Å². The summed E-state index contributed by atoms with van der Waals surface area (Å²) >= 11 is 0. The molecule has 0 radical (unpaired) electrons. The highest BCUT2D eigenvalue weighted by Gasteiger charge is 2.21. The van der Waals surface area contributed by atoms with E-state index in [1.807, 2.05) is 19.1 Å². The molecule has 1 amide bonds. The third kappa shape index (κ3) is 2.96. The van der Waals surface area contributed by atoms with Crippen LogP contribution in [0, 0.1) is 12.8 Å². The van der Waals surface area contributed by atoms with Crippen molar-refractivity contribution in [3.05, 3.63) is 18.0 Å². The Morgan fingerprint density at radius 1 is 1.43 bits per heavy atom. The average molecular weight is 288 g/mol. The molecule has 2 N–H and O–H groups in total. The molecular formula is C14H20N6O. The van der Waals surface area contributed by atoms with Crippen molar-refractivity contribution in [3.63, 3.8) is 0 Å². The normalized spacial score (nSPS) is 19.1. The SMILES string of the molecule is Cc1nnc2ccc(N3CCCC(CCC(N)=O)C3)nn12. The van der Waals surface area contributed by atoms with Crippen LogP contribution in [0.4, 0.5) is 5.82 Å². The van der Waals surface area contributed by atoms with Crippen molar-refractivity contribution in [1.29, 1.82) is 0 Å². The molecule has 0 spiro atoms. The summed E-state index contributed by atoms with van der Waals surface area (Å²) in [5.41, 5.74) is 6.00. The second-order valence-corrected chi connectivity index (χ2v) is 5.67. The molecule has 112 valence electrons. The van der Waals surface area contributed by atoms with E-state index >= 15 is 0 Å². The molecule has 1 atom stereocenters. The van der Waals surface area contributed by atoms with Crippen LogP contribution in [-0.4, -0.2) is 38.8 Å². The second-order valence-electron chi connectivity index (χ2n) is 5.67. The summed E-state index contributed by atoms with van der Waals surface area (Å²) in [6.07, 6.45) is 3.59. The van der Waals surface area contributed by atoms with E-state index in [1.54, 1.807) is 4.52 Å². The number of amides is 1. The summed E-state index contributed by atoms with van der Waals surface area (Å²) in [7, 11) is 0. The molecule has 0 bridgehead atoms. The molecule has 7 heteroatoms. The van der Waals surface area contributed by atoms with Crippen LogP contribution in [0.15, 0.2) is 12.1 Å². The Hall–Kier alpha value is -2.18. The first-order valence-corrected chi connectivity index (χ1v) is 7.36. The van der Waals surface area contributed by atoms with Gasteiger partial charge in [0, 0.05) is 19.5 Å². The molecule has 0 aromatic carbocycles. The summed E-state index contributed by atoms with van der Waals surface area (Å²) in [5, 5.41) is 12.7. The number of carbonyl (C=O) groups is 1.